The largest absolute Gasteiger partial charge is 0.435 e. The summed E-state index contributed by atoms with van der Waals surface area (Å²) < 4.78 is 10.1. The third kappa shape index (κ3) is 5.43. The van der Waals surface area contributed by atoms with Crippen LogP contribution in [0.5, 0.6) is 0 Å². The molecule has 2 atom stereocenters. The van der Waals surface area contributed by atoms with Crippen LogP contribution in [-0.2, 0) is 14.3 Å². The van der Waals surface area contributed by atoms with Gasteiger partial charge >= 0.3 is 5.97 Å². The van der Waals surface area contributed by atoms with Gasteiger partial charge in [-0.2, -0.15) is 12.6 Å². The lowest BCUT2D eigenvalue weighted by Crippen LogP contribution is -2.25. The van der Waals surface area contributed by atoms with E-state index < -0.39 is 11.5 Å². The third-order valence-corrected chi connectivity index (χ3v) is 1.30. The molecule has 0 amide bonds. The van der Waals surface area contributed by atoms with E-state index >= 15 is 0 Å². The molecule has 0 fully saturated rings. The van der Waals surface area contributed by atoms with Crippen molar-refractivity contribution >= 4 is 18.6 Å². The number of carbonyl (C=O) groups excluding carboxylic acids is 1. The average Bonchev–Trinajstić information content (AvgIpc) is 1.84. The maximum absolute atomic E-state index is 11.0. The third-order valence-electron chi connectivity index (χ3n) is 1.09. The van der Waals surface area contributed by atoms with Gasteiger partial charge in [0.05, 0.1) is 11.4 Å². The zero-order valence-electron chi connectivity index (χ0n) is 7.90. The van der Waals surface area contributed by atoms with Gasteiger partial charge in [-0.1, -0.05) is 0 Å². The molecule has 2 unspecified atom stereocenters. The van der Waals surface area contributed by atoms with E-state index in [9.17, 15) is 4.79 Å². The monoisotopic (exact) mass is 192 g/mol. The van der Waals surface area contributed by atoms with Crippen molar-refractivity contribution in [3.8, 4) is 0 Å². The number of hydrogen-bond donors (Lipinski definition) is 1. The van der Waals surface area contributed by atoms with E-state index in [-0.39, 0.29) is 12.1 Å². The Morgan fingerprint density at radius 1 is 1.25 bits per heavy atom. The van der Waals surface area contributed by atoms with Crippen LogP contribution in [0.3, 0.4) is 0 Å². The first-order valence-electron chi connectivity index (χ1n) is 3.97. The summed E-state index contributed by atoms with van der Waals surface area (Å²) in [6, 6.07) is 0. The summed E-state index contributed by atoms with van der Waals surface area (Å²) >= 11 is 3.93. The maximum atomic E-state index is 11.0. The molecule has 0 aromatic carbocycles. The van der Waals surface area contributed by atoms with Crippen LogP contribution in [0, 0.1) is 0 Å². The van der Waals surface area contributed by atoms with Gasteiger partial charge in [0.2, 0.25) is 0 Å². The number of hydrogen-bond acceptors (Lipinski definition) is 4. The van der Waals surface area contributed by atoms with Crippen LogP contribution in [0.4, 0.5) is 0 Å². The lowest BCUT2D eigenvalue weighted by Gasteiger charge is -2.17. The second-order valence-electron chi connectivity index (χ2n) is 2.87. The number of thiol groups is 1. The number of rotatable bonds is 4. The van der Waals surface area contributed by atoms with Crippen molar-refractivity contribution in [3.05, 3.63) is 0 Å². The minimum Gasteiger partial charge on any atom is -0.435 e. The van der Waals surface area contributed by atoms with E-state index in [1.165, 1.54) is 0 Å². The highest BCUT2D eigenvalue weighted by atomic mass is 32.1. The molecule has 0 bridgehead atoms. The fourth-order valence-corrected chi connectivity index (χ4v) is 0.734. The number of esters is 1. The molecule has 72 valence electrons. The molecule has 0 rings (SSSR count). The highest BCUT2D eigenvalue weighted by Gasteiger charge is 2.14. The van der Waals surface area contributed by atoms with Crippen LogP contribution in [0.25, 0.3) is 0 Å². The standard InChI is InChI=1S/C8H16O3S/c1-5(2)10-7(4)11-8(9)6(3)12/h5-7,12H,1-4H3. The van der Waals surface area contributed by atoms with E-state index in [0.29, 0.717) is 0 Å². The molecule has 0 aliphatic rings. The summed E-state index contributed by atoms with van der Waals surface area (Å²) in [5, 5.41) is -0.400. The molecule has 0 spiro atoms. The van der Waals surface area contributed by atoms with Gasteiger partial charge in [-0.05, 0) is 27.7 Å². The summed E-state index contributed by atoms with van der Waals surface area (Å²) in [6.07, 6.45) is -0.435. The van der Waals surface area contributed by atoms with E-state index in [1.807, 2.05) is 13.8 Å². The predicted octanol–water partition coefficient (Wildman–Crippen LogP) is 1.62. The first-order chi connectivity index (χ1) is 5.43. The lowest BCUT2D eigenvalue weighted by molar-refractivity contribution is -0.180. The van der Waals surface area contributed by atoms with Gasteiger partial charge in [-0.15, -0.1) is 0 Å². The Morgan fingerprint density at radius 2 is 1.75 bits per heavy atom. The Morgan fingerprint density at radius 3 is 2.08 bits per heavy atom. The van der Waals surface area contributed by atoms with Crippen molar-refractivity contribution < 1.29 is 14.3 Å². The second-order valence-corrected chi connectivity index (χ2v) is 3.64. The van der Waals surface area contributed by atoms with Crippen molar-refractivity contribution in [1.82, 2.24) is 0 Å². The lowest BCUT2D eigenvalue weighted by atomic mass is 10.5. The summed E-state index contributed by atoms with van der Waals surface area (Å²) in [4.78, 5) is 11.0. The minimum atomic E-state index is -0.493. The zero-order chi connectivity index (χ0) is 9.72. The highest BCUT2D eigenvalue weighted by molar-refractivity contribution is 7.81. The van der Waals surface area contributed by atoms with Gasteiger partial charge in [0, 0.05) is 0 Å². The molecule has 0 saturated heterocycles. The molecule has 0 aliphatic heterocycles. The maximum Gasteiger partial charge on any atom is 0.320 e. The molecule has 3 nitrogen and oxygen atoms in total. The van der Waals surface area contributed by atoms with Gasteiger partial charge in [0.25, 0.3) is 0 Å². The quantitative estimate of drug-likeness (QED) is 0.417. The van der Waals surface area contributed by atoms with Gasteiger partial charge in [0.15, 0.2) is 6.29 Å². The molecule has 0 aliphatic carbocycles. The van der Waals surface area contributed by atoms with E-state index in [1.54, 1.807) is 13.8 Å². The Kier molecular flexibility index (Phi) is 5.33. The fraction of sp³-hybridized carbons (Fsp3) is 0.875. The van der Waals surface area contributed by atoms with E-state index in [2.05, 4.69) is 12.6 Å². The molecule has 0 heterocycles. The van der Waals surface area contributed by atoms with Crippen LogP contribution in [0.1, 0.15) is 27.7 Å². The predicted molar refractivity (Wildman–Crippen MR) is 50.2 cm³/mol. The van der Waals surface area contributed by atoms with Crippen LogP contribution in [0.15, 0.2) is 0 Å². The van der Waals surface area contributed by atoms with Crippen LogP contribution in [0.2, 0.25) is 0 Å². The Labute approximate surface area is 78.8 Å². The van der Waals surface area contributed by atoms with Crippen molar-refractivity contribution in [3.63, 3.8) is 0 Å². The zero-order valence-corrected chi connectivity index (χ0v) is 8.80. The van der Waals surface area contributed by atoms with Gasteiger partial charge < -0.3 is 9.47 Å². The Hall–Kier alpha value is -0.220. The molecule has 0 saturated carbocycles. The Bertz CT molecular complexity index is 145. The van der Waals surface area contributed by atoms with E-state index in [0.717, 1.165) is 0 Å². The van der Waals surface area contributed by atoms with Crippen LogP contribution < -0.4 is 0 Å². The normalized spacial score (nSPS) is 15.8. The Balaban J connectivity index is 3.69. The molecule has 0 aromatic rings. The number of carbonyl (C=O) groups is 1. The van der Waals surface area contributed by atoms with Crippen molar-refractivity contribution in [1.29, 1.82) is 0 Å². The van der Waals surface area contributed by atoms with Crippen LogP contribution in [-0.4, -0.2) is 23.6 Å². The summed E-state index contributed by atoms with van der Waals surface area (Å²) in [7, 11) is 0. The van der Waals surface area contributed by atoms with Gasteiger partial charge in [0.1, 0.15) is 0 Å². The van der Waals surface area contributed by atoms with Crippen LogP contribution >= 0.6 is 12.6 Å². The first-order valence-corrected chi connectivity index (χ1v) is 4.49. The van der Waals surface area contributed by atoms with Crippen molar-refractivity contribution in [2.24, 2.45) is 0 Å². The topological polar surface area (TPSA) is 35.5 Å². The van der Waals surface area contributed by atoms with E-state index in [4.69, 9.17) is 9.47 Å². The smallest absolute Gasteiger partial charge is 0.320 e. The summed E-state index contributed by atoms with van der Waals surface area (Å²) in [5.41, 5.74) is 0. The average molecular weight is 192 g/mol. The first kappa shape index (κ1) is 11.8. The second kappa shape index (κ2) is 5.43. The molecular formula is C8H16O3S. The molecule has 0 aromatic heterocycles. The molecule has 12 heavy (non-hydrogen) atoms. The molecule has 0 radical (unpaired) electrons. The van der Waals surface area contributed by atoms with Gasteiger partial charge in [-0.3, -0.25) is 4.79 Å². The van der Waals surface area contributed by atoms with Crippen molar-refractivity contribution in [2.75, 3.05) is 0 Å². The minimum absolute atomic E-state index is 0.0584. The van der Waals surface area contributed by atoms with Crippen molar-refractivity contribution in [2.45, 2.75) is 45.3 Å². The molecule has 0 N–H and O–H groups in total. The van der Waals surface area contributed by atoms with Gasteiger partial charge in [-0.25, -0.2) is 0 Å². The number of ether oxygens (including phenoxy) is 2. The summed E-state index contributed by atoms with van der Waals surface area (Å²) in [6.45, 7) is 7.12. The molecular weight excluding hydrogens is 176 g/mol. The summed E-state index contributed by atoms with van der Waals surface area (Å²) in [5.74, 6) is -0.355. The highest BCUT2D eigenvalue weighted by Crippen LogP contribution is 2.03. The molecule has 4 heteroatoms. The fourth-order valence-electron chi connectivity index (χ4n) is 0.673. The SMILES string of the molecule is CC(C)OC(C)OC(=O)C(C)S.